The van der Waals surface area contributed by atoms with Crippen LogP contribution in [0.25, 0.3) is 16.8 Å². The van der Waals surface area contributed by atoms with Gasteiger partial charge in [0, 0.05) is 11.2 Å². The lowest BCUT2D eigenvalue weighted by Crippen LogP contribution is -1.94. The molecule has 0 fully saturated rings. The van der Waals surface area contributed by atoms with E-state index in [9.17, 15) is 0 Å². The maximum Gasteiger partial charge on any atom is 0.125 e. The maximum absolute atomic E-state index is 7.64. The van der Waals surface area contributed by atoms with E-state index >= 15 is 0 Å². The van der Waals surface area contributed by atoms with Gasteiger partial charge in [0.05, 0.1) is 0 Å². The SMILES string of the molecule is CC#CC#CC#CSOOO.Cc1cccc(/C=C/CC[C@H](C)c2cccc3ccccc23)c1. The van der Waals surface area contributed by atoms with Crippen LogP contribution in [-0.2, 0) is 9.37 Å². The number of hydrogen-bond donors (Lipinski definition) is 1. The normalized spacial score (nSPS) is 10.6. The van der Waals surface area contributed by atoms with Gasteiger partial charge in [0.1, 0.15) is 12.0 Å². The van der Waals surface area contributed by atoms with E-state index < -0.39 is 0 Å². The number of rotatable bonds is 7. The zero-order chi connectivity index (χ0) is 24.4. The highest BCUT2D eigenvalue weighted by atomic mass is 32.2. The number of hydrogen-bond acceptors (Lipinski definition) is 4. The van der Waals surface area contributed by atoms with Crippen molar-refractivity contribution in [2.75, 3.05) is 0 Å². The highest BCUT2D eigenvalue weighted by Gasteiger charge is 2.08. The van der Waals surface area contributed by atoms with Crippen molar-refractivity contribution in [1.29, 1.82) is 0 Å². The smallest absolute Gasteiger partial charge is 0.125 e. The summed E-state index contributed by atoms with van der Waals surface area (Å²) in [6.07, 6.45) is 6.83. The molecular weight excluding hydrogens is 440 g/mol. The van der Waals surface area contributed by atoms with Crippen LogP contribution in [0.1, 0.15) is 49.3 Å². The Balaban J connectivity index is 0.000000316. The van der Waals surface area contributed by atoms with Crippen LogP contribution in [-0.4, -0.2) is 5.26 Å². The molecule has 0 heterocycles. The molecule has 1 N–H and O–H groups in total. The zero-order valence-electron chi connectivity index (χ0n) is 19.7. The number of aryl methyl sites for hydroxylation is 1. The van der Waals surface area contributed by atoms with E-state index in [-0.39, 0.29) is 0 Å². The van der Waals surface area contributed by atoms with Gasteiger partial charge in [-0.05, 0) is 72.3 Å². The molecule has 0 aliphatic rings. The van der Waals surface area contributed by atoms with E-state index in [0.717, 1.165) is 6.42 Å². The summed E-state index contributed by atoms with van der Waals surface area (Å²) in [5.74, 6) is 12.9. The second kappa shape index (κ2) is 16.2. The van der Waals surface area contributed by atoms with Crippen molar-refractivity contribution in [3.63, 3.8) is 0 Å². The molecule has 0 aliphatic heterocycles. The van der Waals surface area contributed by atoms with Gasteiger partial charge in [-0.2, -0.15) is 0 Å². The van der Waals surface area contributed by atoms with Crippen LogP contribution >= 0.6 is 12.0 Å². The minimum absolute atomic E-state index is 0.572. The molecule has 1 atom stereocenters. The summed E-state index contributed by atoms with van der Waals surface area (Å²) < 4.78 is 3.93. The molecule has 0 amide bonds. The summed E-state index contributed by atoms with van der Waals surface area (Å²) >= 11 is 0.627. The Morgan fingerprint density at radius 2 is 1.74 bits per heavy atom. The quantitative estimate of drug-likeness (QED) is 0.126. The monoisotopic (exact) mass is 468 g/mol. The molecule has 3 rings (SSSR count). The lowest BCUT2D eigenvalue weighted by Gasteiger charge is -2.13. The summed E-state index contributed by atoms with van der Waals surface area (Å²) in [6, 6.07) is 24.0. The second-order valence-electron chi connectivity index (χ2n) is 7.44. The van der Waals surface area contributed by atoms with Crippen molar-refractivity contribution in [1.82, 2.24) is 0 Å². The standard InChI is InChI=1S/C23H24.C7H4O3S/c1-18-9-7-12-20(17-18)11-4-3-10-19(2)22-16-8-14-21-13-5-6-15-23(21)22;1-2-3-4-5-6-7-11-10-9-8/h4-9,11-17,19H,3,10H2,1-2H3;8H,1H3/b11-4+;/t19-;/m0./s1. The molecule has 0 aliphatic carbocycles. The van der Waals surface area contributed by atoms with Crippen molar-refractivity contribution >= 4 is 28.9 Å². The average Bonchev–Trinajstić information content (AvgIpc) is 2.86. The third-order valence-corrected chi connectivity index (χ3v) is 5.26. The minimum Gasteiger partial charge on any atom is -0.220 e. The Bertz CT molecular complexity index is 1250. The number of fused-ring (bicyclic) bond motifs is 1. The van der Waals surface area contributed by atoms with Gasteiger partial charge in [-0.3, -0.25) is 0 Å². The molecule has 0 aromatic heterocycles. The summed E-state index contributed by atoms with van der Waals surface area (Å²) in [7, 11) is 0. The van der Waals surface area contributed by atoms with Crippen LogP contribution in [0.5, 0.6) is 0 Å². The predicted octanol–water partition coefficient (Wildman–Crippen LogP) is 7.79. The van der Waals surface area contributed by atoms with E-state index in [1.807, 2.05) is 0 Å². The van der Waals surface area contributed by atoms with Crippen LogP contribution in [0.15, 0.2) is 72.8 Å². The van der Waals surface area contributed by atoms with Crippen LogP contribution in [0, 0.1) is 41.8 Å². The molecular formula is C30H28O3S. The highest BCUT2D eigenvalue weighted by molar-refractivity contribution is 7.99. The zero-order valence-corrected chi connectivity index (χ0v) is 20.5. The van der Waals surface area contributed by atoms with Gasteiger partial charge in [-0.1, -0.05) is 102 Å². The van der Waals surface area contributed by atoms with Crippen molar-refractivity contribution in [3.8, 4) is 34.9 Å². The van der Waals surface area contributed by atoms with Crippen LogP contribution < -0.4 is 0 Å². The minimum atomic E-state index is 0.572. The molecule has 3 aromatic carbocycles. The Kier molecular flexibility index (Phi) is 12.8. The van der Waals surface area contributed by atoms with Gasteiger partial charge >= 0.3 is 0 Å². The van der Waals surface area contributed by atoms with Gasteiger partial charge in [0.25, 0.3) is 0 Å². The predicted molar refractivity (Wildman–Crippen MR) is 143 cm³/mol. The molecule has 4 heteroatoms. The van der Waals surface area contributed by atoms with Crippen molar-refractivity contribution < 1.29 is 14.6 Å². The van der Waals surface area contributed by atoms with E-state index in [1.54, 1.807) is 6.92 Å². The van der Waals surface area contributed by atoms with Gasteiger partial charge in [-0.25, -0.2) is 5.26 Å². The van der Waals surface area contributed by atoms with E-state index in [0.29, 0.717) is 18.0 Å². The third kappa shape index (κ3) is 10.0. The highest BCUT2D eigenvalue weighted by Crippen LogP contribution is 2.28. The van der Waals surface area contributed by atoms with Gasteiger partial charge in [-0.15, -0.1) is 4.33 Å². The first-order valence-corrected chi connectivity index (χ1v) is 11.7. The van der Waals surface area contributed by atoms with Crippen LogP contribution in [0.4, 0.5) is 0 Å². The Labute approximate surface area is 207 Å². The van der Waals surface area contributed by atoms with E-state index in [2.05, 4.69) is 137 Å². The lowest BCUT2D eigenvalue weighted by atomic mass is 9.91. The Morgan fingerprint density at radius 1 is 0.971 bits per heavy atom. The summed E-state index contributed by atoms with van der Waals surface area (Å²) in [4.78, 5) is 0. The Hall–Kier alpha value is -3.43. The van der Waals surface area contributed by atoms with Crippen molar-refractivity contribution in [3.05, 3.63) is 89.5 Å². The molecule has 172 valence electrons. The number of benzene rings is 3. The number of allylic oxidation sites excluding steroid dienone is 1. The van der Waals surface area contributed by atoms with Crippen LogP contribution in [0.3, 0.4) is 0 Å². The lowest BCUT2D eigenvalue weighted by molar-refractivity contribution is -0.431. The molecule has 0 unspecified atom stereocenters. The molecule has 3 nitrogen and oxygen atoms in total. The first-order chi connectivity index (χ1) is 16.7. The Morgan fingerprint density at radius 3 is 2.53 bits per heavy atom. The molecule has 0 saturated heterocycles. The third-order valence-electron chi connectivity index (χ3n) is 4.94. The fourth-order valence-electron chi connectivity index (χ4n) is 3.38. The molecule has 0 saturated carbocycles. The molecule has 3 aromatic rings. The van der Waals surface area contributed by atoms with Crippen molar-refractivity contribution in [2.45, 2.75) is 39.5 Å². The maximum atomic E-state index is 7.64. The fraction of sp³-hybridized carbons (Fsp3) is 0.200. The van der Waals surface area contributed by atoms with Crippen LogP contribution in [0.2, 0.25) is 0 Å². The van der Waals surface area contributed by atoms with E-state index in [4.69, 9.17) is 5.26 Å². The molecule has 0 spiro atoms. The molecule has 34 heavy (non-hydrogen) atoms. The molecule has 0 radical (unpaired) electrons. The average molecular weight is 469 g/mol. The van der Waals surface area contributed by atoms with Crippen molar-refractivity contribution in [2.24, 2.45) is 0 Å². The summed E-state index contributed by atoms with van der Waals surface area (Å²) in [6.45, 7) is 6.15. The molecule has 0 bridgehead atoms. The first-order valence-electron chi connectivity index (χ1n) is 10.9. The summed E-state index contributed by atoms with van der Waals surface area (Å²) in [5.41, 5.74) is 4.08. The largest absolute Gasteiger partial charge is 0.220 e. The van der Waals surface area contributed by atoms with Gasteiger partial charge in [0.2, 0.25) is 0 Å². The fourth-order valence-corrected chi connectivity index (χ4v) is 3.54. The second-order valence-corrected chi connectivity index (χ2v) is 7.95. The topological polar surface area (TPSA) is 38.7 Å². The van der Waals surface area contributed by atoms with Gasteiger partial charge < -0.3 is 0 Å². The van der Waals surface area contributed by atoms with Gasteiger partial charge in [0.15, 0.2) is 0 Å². The van der Waals surface area contributed by atoms with E-state index in [1.165, 1.54) is 33.9 Å². The summed E-state index contributed by atoms with van der Waals surface area (Å²) in [5, 5.41) is 16.0. The first kappa shape index (κ1) is 26.8.